The third kappa shape index (κ3) is 2.64. The Kier molecular flexibility index (Phi) is 4.13. The van der Waals surface area contributed by atoms with Crippen molar-refractivity contribution in [3.63, 3.8) is 0 Å². The van der Waals surface area contributed by atoms with Crippen LogP contribution in [0, 0.1) is 0 Å². The minimum atomic E-state index is -0.833. The summed E-state index contributed by atoms with van der Waals surface area (Å²) in [7, 11) is 0. The summed E-state index contributed by atoms with van der Waals surface area (Å²) in [6.07, 6.45) is -0.833. The monoisotopic (exact) mass is 298 g/mol. The molecule has 0 saturated carbocycles. The molecular weight excluding hydrogens is 295 g/mol. The average Bonchev–Trinajstić information content (AvgIpc) is 2.10. The Hall–Kier alpha value is 0.330. The maximum absolute atomic E-state index is 9.45. The summed E-state index contributed by atoms with van der Waals surface area (Å²) in [5.74, 6) is 0. The molecule has 0 saturated heterocycles. The molecule has 0 aromatic heterocycles. The second-order valence-electron chi connectivity index (χ2n) is 2.37. The maximum Gasteiger partial charge on any atom is 0.108 e. The van der Waals surface area contributed by atoms with E-state index < -0.39 is 6.10 Å². The zero-order valence-corrected chi connectivity index (χ0v) is 10.2. The molecule has 5 heteroatoms. The van der Waals surface area contributed by atoms with Gasteiger partial charge in [-0.3, -0.25) is 0 Å². The zero-order chi connectivity index (χ0) is 10.0. The molecule has 1 unspecified atom stereocenters. The van der Waals surface area contributed by atoms with Crippen molar-refractivity contribution in [1.82, 2.24) is 0 Å². The van der Waals surface area contributed by atoms with Crippen molar-refractivity contribution < 1.29 is 5.11 Å². The van der Waals surface area contributed by atoms with Gasteiger partial charge < -0.3 is 5.11 Å². The van der Waals surface area contributed by atoms with Crippen LogP contribution in [0.2, 0.25) is 10.0 Å². The first-order valence-electron chi connectivity index (χ1n) is 3.34. The van der Waals surface area contributed by atoms with Gasteiger partial charge in [-0.05, 0) is 28.1 Å². The zero-order valence-electron chi connectivity index (χ0n) is 6.30. The van der Waals surface area contributed by atoms with Gasteiger partial charge in [-0.2, -0.15) is 0 Å². The predicted octanol–water partition coefficient (Wildman–Crippen LogP) is 3.79. The largest absolute Gasteiger partial charge is 0.383 e. The van der Waals surface area contributed by atoms with Gasteiger partial charge in [0.05, 0.1) is 5.02 Å². The summed E-state index contributed by atoms with van der Waals surface area (Å²) in [5.41, 5.74) is 0.576. The van der Waals surface area contributed by atoms with Gasteiger partial charge in [0.2, 0.25) is 0 Å². The number of thiocarbonyl (C=S) groups is 1. The van der Waals surface area contributed by atoms with Gasteiger partial charge in [0, 0.05) is 20.4 Å². The van der Waals surface area contributed by atoms with Crippen molar-refractivity contribution in [3.05, 3.63) is 32.2 Å². The third-order valence-electron chi connectivity index (χ3n) is 1.47. The van der Waals surface area contributed by atoms with E-state index in [9.17, 15) is 5.11 Å². The van der Waals surface area contributed by atoms with E-state index >= 15 is 0 Å². The van der Waals surface area contributed by atoms with Crippen molar-refractivity contribution in [2.45, 2.75) is 6.10 Å². The standard InChI is InChI=1S/C8H5BrCl2OS/c9-8-5(7(12)3-13)1-4(10)2-6(8)11/h1-3,7,12H. The fourth-order valence-electron chi connectivity index (χ4n) is 0.864. The van der Waals surface area contributed by atoms with E-state index in [-0.39, 0.29) is 0 Å². The molecule has 0 aliphatic heterocycles. The molecular formula is C8H5BrCl2OS. The van der Waals surface area contributed by atoms with Crippen LogP contribution in [0.4, 0.5) is 0 Å². The third-order valence-corrected chi connectivity index (χ3v) is 3.36. The number of benzene rings is 1. The lowest BCUT2D eigenvalue weighted by atomic mass is 10.1. The van der Waals surface area contributed by atoms with E-state index in [1.807, 2.05) is 0 Å². The van der Waals surface area contributed by atoms with Gasteiger partial charge >= 0.3 is 0 Å². The van der Waals surface area contributed by atoms with Gasteiger partial charge in [-0.25, -0.2) is 0 Å². The fraction of sp³-hybridized carbons (Fsp3) is 0.125. The lowest BCUT2D eigenvalue weighted by Gasteiger charge is -2.09. The van der Waals surface area contributed by atoms with Gasteiger partial charge in [-0.1, -0.05) is 35.4 Å². The Morgan fingerprint density at radius 3 is 2.62 bits per heavy atom. The number of aliphatic hydroxyl groups is 1. The molecule has 0 aliphatic rings. The molecule has 1 atom stereocenters. The highest BCUT2D eigenvalue weighted by Crippen LogP contribution is 2.33. The minimum absolute atomic E-state index is 0.457. The molecule has 0 heterocycles. The molecule has 1 aromatic rings. The van der Waals surface area contributed by atoms with Crippen LogP contribution in [0.3, 0.4) is 0 Å². The Labute approximate surface area is 99.8 Å². The molecule has 1 rings (SSSR count). The van der Waals surface area contributed by atoms with Crippen LogP contribution in [-0.4, -0.2) is 10.5 Å². The van der Waals surface area contributed by atoms with Gasteiger partial charge in [0.25, 0.3) is 0 Å². The summed E-state index contributed by atoms with van der Waals surface area (Å²) < 4.78 is 0.618. The van der Waals surface area contributed by atoms with Gasteiger partial charge in [-0.15, -0.1) is 0 Å². The number of hydrogen-bond acceptors (Lipinski definition) is 2. The molecule has 13 heavy (non-hydrogen) atoms. The van der Waals surface area contributed by atoms with Crippen LogP contribution in [0.15, 0.2) is 16.6 Å². The molecule has 0 amide bonds. The second kappa shape index (κ2) is 4.71. The normalized spacial score (nSPS) is 12.6. The fourth-order valence-corrected chi connectivity index (χ4v) is 1.98. The van der Waals surface area contributed by atoms with E-state index in [0.29, 0.717) is 20.1 Å². The van der Waals surface area contributed by atoms with E-state index in [4.69, 9.17) is 23.2 Å². The lowest BCUT2D eigenvalue weighted by Crippen LogP contribution is -1.98. The SMILES string of the molecule is OC(C=S)c1cc(Cl)cc(Cl)c1Br. The first kappa shape index (κ1) is 11.4. The van der Waals surface area contributed by atoms with Crippen molar-refractivity contribution in [3.8, 4) is 0 Å². The summed E-state index contributed by atoms with van der Waals surface area (Å²) >= 11 is 19.4. The lowest BCUT2D eigenvalue weighted by molar-refractivity contribution is 0.254. The Bertz CT molecular complexity index is 343. The van der Waals surface area contributed by atoms with Crippen LogP contribution >= 0.6 is 51.3 Å². The van der Waals surface area contributed by atoms with E-state index in [1.165, 1.54) is 5.37 Å². The van der Waals surface area contributed by atoms with Gasteiger partial charge in [0.1, 0.15) is 6.10 Å². The van der Waals surface area contributed by atoms with Crippen LogP contribution in [0.25, 0.3) is 0 Å². The molecule has 1 aromatic carbocycles. The van der Waals surface area contributed by atoms with E-state index in [2.05, 4.69) is 28.1 Å². The number of hydrogen-bond donors (Lipinski definition) is 1. The summed E-state index contributed by atoms with van der Waals surface area (Å²) in [4.78, 5) is 0. The van der Waals surface area contributed by atoms with Crippen LogP contribution in [0.1, 0.15) is 11.7 Å². The number of halogens is 3. The topological polar surface area (TPSA) is 20.2 Å². The highest BCUT2D eigenvalue weighted by molar-refractivity contribution is 9.10. The molecule has 0 bridgehead atoms. The minimum Gasteiger partial charge on any atom is -0.383 e. The molecule has 0 fully saturated rings. The van der Waals surface area contributed by atoms with E-state index in [0.717, 1.165) is 0 Å². The van der Waals surface area contributed by atoms with Crippen LogP contribution in [-0.2, 0) is 0 Å². The van der Waals surface area contributed by atoms with Gasteiger partial charge in [0.15, 0.2) is 0 Å². The van der Waals surface area contributed by atoms with Crippen LogP contribution < -0.4 is 0 Å². The average molecular weight is 300 g/mol. The first-order chi connectivity index (χ1) is 6.06. The van der Waals surface area contributed by atoms with Crippen molar-refractivity contribution in [1.29, 1.82) is 0 Å². The highest BCUT2D eigenvalue weighted by Gasteiger charge is 2.12. The van der Waals surface area contributed by atoms with Crippen molar-refractivity contribution in [2.24, 2.45) is 0 Å². The molecule has 0 aliphatic carbocycles. The summed E-state index contributed by atoms with van der Waals surface area (Å²) in [5, 5.41) is 11.6. The smallest absolute Gasteiger partial charge is 0.108 e. The van der Waals surface area contributed by atoms with Crippen LogP contribution in [0.5, 0.6) is 0 Å². The summed E-state index contributed by atoms with van der Waals surface area (Å²) in [6.45, 7) is 0. The Morgan fingerprint density at radius 1 is 1.46 bits per heavy atom. The van der Waals surface area contributed by atoms with E-state index in [1.54, 1.807) is 12.1 Å². The second-order valence-corrected chi connectivity index (χ2v) is 4.28. The molecule has 0 spiro atoms. The highest BCUT2D eigenvalue weighted by atomic mass is 79.9. The predicted molar refractivity (Wildman–Crippen MR) is 62.8 cm³/mol. The molecule has 70 valence electrons. The quantitative estimate of drug-likeness (QED) is 0.662. The van der Waals surface area contributed by atoms with Crippen molar-refractivity contribution >= 4 is 56.7 Å². The van der Waals surface area contributed by atoms with Crippen molar-refractivity contribution in [2.75, 3.05) is 0 Å². The first-order valence-corrected chi connectivity index (χ1v) is 5.36. The maximum atomic E-state index is 9.45. The molecule has 1 nitrogen and oxygen atoms in total. The number of aliphatic hydroxyl groups excluding tert-OH is 1. The summed E-state index contributed by atoms with van der Waals surface area (Å²) in [6, 6.07) is 3.21. The Morgan fingerprint density at radius 2 is 2.08 bits per heavy atom. The molecule has 1 N–H and O–H groups in total. The molecule has 0 radical (unpaired) electrons. The Balaban J connectivity index is 3.27. The number of rotatable bonds is 2.